The van der Waals surface area contributed by atoms with Gasteiger partial charge in [-0.3, -0.25) is 4.98 Å². The second-order valence-electron chi connectivity index (χ2n) is 2.94. The van der Waals surface area contributed by atoms with Crippen LogP contribution in [0, 0.1) is 0 Å². The molecule has 2 atom stereocenters. The van der Waals surface area contributed by atoms with E-state index in [2.05, 4.69) is 4.98 Å². The van der Waals surface area contributed by atoms with Gasteiger partial charge >= 0.3 is 5.97 Å². The Bertz CT molecular complexity index is 354. The third kappa shape index (κ3) is 2.50. The summed E-state index contributed by atoms with van der Waals surface area (Å²) in [6.45, 7) is -0.670. The molecule has 0 spiro atoms. The molecule has 0 saturated heterocycles. The Morgan fingerprint density at radius 1 is 1.47 bits per heavy atom. The molecule has 0 saturated carbocycles. The number of carboxylic acid groups (broad SMARTS) is 1. The molecule has 1 aromatic heterocycles. The minimum absolute atomic E-state index is 0.161. The van der Waals surface area contributed by atoms with Gasteiger partial charge in [-0.15, -0.1) is 0 Å². The Morgan fingerprint density at radius 3 is 2.67 bits per heavy atom. The maximum absolute atomic E-state index is 10.7. The van der Waals surface area contributed by atoms with E-state index < -0.39 is 24.8 Å². The fraction of sp³-hybridized carbons (Fsp3) is 0.333. The normalized spacial score (nSPS) is 14.6. The molecule has 15 heavy (non-hydrogen) atoms. The van der Waals surface area contributed by atoms with Crippen LogP contribution < -0.4 is 0 Å². The van der Waals surface area contributed by atoms with Gasteiger partial charge in [0.1, 0.15) is 12.2 Å². The Morgan fingerprint density at radius 2 is 2.13 bits per heavy atom. The molecule has 0 aliphatic carbocycles. The number of carbonyl (C=O) groups is 1. The molecule has 0 amide bonds. The number of hydrogen-bond acceptors (Lipinski definition) is 5. The summed E-state index contributed by atoms with van der Waals surface area (Å²) >= 11 is 0. The van der Waals surface area contributed by atoms with E-state index in [1.807, 2.05) is 0 Å². The monoisotopic (exact) mass is 213 g/mol. The van der Waals surface area contributed by atoms with E-state index >= 15 is 0 Å². The molecule has 1 rings (SSSR count). The number of aromatic nitrogens is 1. The van der Waals surface area contributed by atoms with E-state index in [9.17, 15) is 9.90 Å². The van der Waals surface area contributed by atoms with Gasteiger partial charge < -0.3 is 20.4 Å². The molecule has 0 bridgehead atoms. The third-order valence-corrected chi connectivity index (χ3v) is 1.90. The van der Waals surface area contributed by atoms with Gasteiger partial charge in [0.25, 0.3) is 0 Å². The van der Waals surface area contributed by atoms with Crippen molar-refractivity contribution in [1.82, 2.24) is 4.98 Å². The molecule has 0 aliphatic rings. The first-order valence-corrected chi connectivity index (χ1v) is 4.23. The van der Waals surface area contributed by atoms with Crippen LogP contribution >= 0.6 is 0 Å². The van der Waals surface area contributed by atoms with Crippen molar-refractivity contribution in [1.29, 1.82) is 0 Å². The van der Waals surface area contributed by atoms with Crippen LogP contribution in [-0.4, -0.2) is 44.1 Å². The number of rotatable bonds is 4. The average molecular weight is 213 g/mol. The van der Waals surface area contributed by atoms with Crippen molar-refractivity contribution in [3.05, 3.63) is 29.6 Å². The Kier molecular flexibility index (Phi) is 3.73. The van der Waals surface area contributed by atoms with Crippen molar-refractivity contribution in [2.24, 2.45) is 0 Å². The molecule has 4 N–H and O–H groups in total. The van der Waals surface area contributed by atoms with Crippen LogP contribution in [0.2, 0.25) is 0 Å². The van der Waals surface area contributed by atoms with E-state index in [1.165, 1.54) is 18.3 Å². The zero-order chi connectivity index (χ0) is 11.4. The Hall–Kier alpha value is -1.50. The van der Waals surface area contributed by atoms with E-state index in [0.717, 1.165) is 0 Å². The minimum atomic E-state index is -1.51. The number of pyridine rings is 1. The lowest BCUT2D eigenvalue weighted by Gasteiger charge is -2.16. The Balaban J connectivity index is 3.07. The average Bonchev–Trinajstić information content (AvgIpc) is 2.27. The fourth-order valence-electron chi connectivity index (χ4n) is 1.12. The zero-order valence-electron chi connectivity index (χ0n) is 7.74. The lowest BCUT2D eigenvalue weighted by molar-refractivity contribution is -0.0178. The first-order valence-electron chi connectivity index (χ1n) is 4.23. The van der Waals surface area contributed by atoms with Crippen LogP contribution in [0.3, 0.4) is 0 Å². The maximum Gasteiger partial charge on any atom is 0.337 e. The molecule has 0 radical (unpaired) electrons. The summed E-state index contributed by atoms with van der Waals surface area (Å²) in [5.41, 5.74) is -0.357. The predicted octanol–water partition coefficient (Wildman–Crippen LogP) is -0.834. The highest BCUT2D eigenvalue weighted by molar-refractivity contribution is 5.88. The van der Waals surface area contributed by atoms with Crippen LogP contribution in [0.1, 0.15) is 22.2 Å². The standard InChI is InChI=1S/C9H11NO5/c11-4-6(12)8(13)7-5(9(14)15)2-1-3-10-7/h1-3,6,8,11-13H,4H2,(H,14,15). The van der Waals surface area contributed by atoms with Crippen molar-refractivity contribution in [3.63, 3.8) is 0 Å². The predicted molar refractivity (Wildman–Crippen MR) is 49.2 cm³/mol. The number of carboxylic acids is 1. The van der Waals surface area contributed by atoms with Crippen molar-refractivity contribution >= 4 is 5.97 Å². The van der Waals surface area contributed by atoms with Gasteiger partial charge in [0.05, 0.1) is 17.9 Å². The van der Waals surface area contributed by atoms with E-state index in [0.29, 0.717) is 0 Å². The SMILES string of the molecule is O=C(O)c1cccnc1C(O)C(O)CO. The summed E-state index contributed by atoms with van der Waals surface area (Å²) in [6, 6.07) is 2.67. The number of nitrogens with zero attached hydrogens (tertiary/aromatic N) is 1. The maximum atomic E-state index is 10.7. The third-order valence-electron chi connectivity index (χ3n) is 1.90. The lowest BCUT2D eigenvalue weighted by atomic mass is 10.1. The van der Waals surface area contributed by atoms with Crippen molar-refractivity contribution in [3.8, 4) is 0 Å². The van der Waals surface area contributed by atoms with E-state index in [4.69, 9.17) is 15.3 Å². The van der Waals surface area contributed by atoms with Gasteiger partial charge in [-0.2, -0.15) is 0 Å². The zero-order valence-corrected chi connectivity index (χ0v) is 7.74. The summed E-state index contributed by atoms with van der Waals surface area (Å²) in [6.07, 6.45) is -1.66. The highest BCUT2D eigenvalue weighted by Gasteiger charge is 2.24. The first-order chi connectivity index (χ1) is 7.07. The summed E-state index contributed by atoms with van der Waals surface area (Å²) in [4.78, 5) is 14.4. The fourth-order valence-corrected chi connectivity index (χ4v) is 1.12. The number of aliphatic hydroxyl groups excluding tert-OH is 3. The number of aliphatic hydroxyl groups is 3. The summed E-state index contributed by atoms with van der Waals surface area (Å²) < 4.78 is 0. The van der Waals surface area contributed by atoms with E-state index in [1.54, 1.807) is 0 Å². The largest absolute Gasteiger partial charge is 0.478 e. The number of aromatic carboxylic acids is 1. The quantitative estimate of drug-likeness (QED) is 0.519. The number of hydrogen-bond donors (Lipinski definition) is 4. The molecular formula is C9H11NO5. The lowest BCUT2D eigenvalue weighted by Crippen LogP contribution is -2.24. The molecule has 1 aromatic rings. The van der Waals surface area contributed by atoms with Gasteiger partial charge in [0, 0.05) is 6.20 Å². The van der Waals surface area contributed by atoms with Gasteiger partial charge in [-0.1, -0.05) is 0 Å². The smallest absolute Gasteiger partial charge is 0.337 e. The molecule has 0 fully saturated rings. The van der Waals surface area contributed by atoms with Gasteiger partial charge in [0.15, 0.2) is 0 Å². The molecule has 0 aliphatic heterocycles. The van der Waals surface area contributed by atoms with Crippen LogP contribution in [0.25, 0.3) is 0 Å². The van der Waals surface area contributed by atoms with Crippen LogP contribution in [0.4, 0.5) is 0 Å². The minimum Gasteiger partial charge on any atom is -0.478 e. The van der Waals surface area contributed by atoms with Crippen molar-refractivity contribution in [2.45, 2.75) is 12.2 Å². The van der Waals surface area contributed by atoms with Gasteiger partial charge in [-0.25, -0.2) is 4.79 Å². The summed E-state index contributed by atoms with van der Waals surface area (Å²) in [5.74, 6) is -1.25. The van der Waals surface area contributed by atoms with Gasteiger partial charge in [-0.05, 0) is 12.1 Å². The molecular weight excluding hydrogens is 202 g/mol. The van der Waals surface area contributed by atoms with Crippen molar-refractivity contribution < 1.29 is 25.2 Å². The van der Waals surface area contributed by atoms with Crippen LogP contribution in [0.15, 0.2) is 18.3 Å². The summed E-state index contributed by atoms with van der Waals surface area (Å²) in [7, 11) is 0. The molecule has 2 unspecified atom stereocenters. The second kappa shape index (κ2) is 4.83. The second-order valence-corrected chi connectivity index (χ2v) is 2.94. The van der Waals surface area contributed by atoms with Crippen LogP contribution in [0.5, 0.6) is 0 Å². The van der Waals surface area contributed by atoms with Gasteiger partial charge in [0.2, 0.25) is 0 Å². The molecule has 6 heteroatoms. The van der Waals surface area contributed by atoms with Crippen molar-refractivity contribution in [2.75, 3.05) is 6.61 Å². The summed E-state index contributed by atoms with van der Waals surface area (Å²) in [5, 5.41) is 36.0. The van der Waals surface area contributed by atoms with E-state index in [-0.39, 0.29) is 11.3 Å². The first kappa shape index (κ1) is 11.6. The Labute approximate surface area is 85.4 Å². The molecule has 6 nitrogen and oxygen atoms in total. The molecule has 82 valence electrons. The van der Waals surface area contributed by atoms with Crippen LogP contribution in [-0.2, 0) is 0 Å². The highest BCUT2D eigenvalue weighted by Crippen LogP contribution is 2.18. The molecule has 0 aromatic carbocycles. The molecule has 1 heterocycles. The highest BCUT2D eigenvalue weighted by atomic mass is 16.4. The topological polar surface area (TPSA) is 111 Å².